The molecule has 0 aromatic heterocycles. The Bertz CT molecular complexity index is 396. The van der Waals surface area contributed by atoms with Crippen molar-refractivity contribution in [2.75, 3.05) is 0 Å². The van der Waals surface area contributed by atoms with E-state index in [9.17, 15) is 25.9 Å². The summed E-state index contributed by atoms with van der Waals surface area (Å²) in [5.41, 5.74) is -1.83. The van der Waals surface area contributed by atoms with Gasteiger partial charge in [0.2, 0.25) is 20.8 Å². The Labute approximate surface area is 144 Å². The molecule has 0 aliphatic rings. The van der Waals surface area contributed by atoms with E-state index in [-0.39, 0.29) is 37.7 Å². The van der Waals surface area contributed by atoms with Gasteiger partial charge in [0.1, 0.15) is 0 Å². The molecule has 0 aliphatic carbocycles. The minimum Gasteiger partial charge on any atom is -0.726 e. The van der Waals surface area contributed by atoms with Gasteiger partial charge in [0.15, 0.2) is 0 Å². The van der Waals surface area contributed by atoms with Crippen molar-refractivity contribution < 1.29 is 34.3 Å². The zero-order chi connectivity index (χ0) is 15.4. The Kier molecular flexibility index (Phi) is 11.1. The second-order valence-corrected chi connectivity index (χ2v) is 7.17. The quantitative estimate of drug-likeness (QED) is 0.392. The molecule has 0 saturated heterocycles. The Morgan fingerprint density at radius 3 is 0.842 bits per heavy atom. The van der Waals surface area contributed by atoms with Crippen LogP contribution in [0, 0.1) is 0 Å². The van der Waals surface area contributed by atoms with E-state index in [1.54, 1.807) is 0 Å². The van der Waals surface area contributed by atoms with Gasteiger partial charge in [-0.15, -0.1) is 0 Å². The van der Waals surface area contributed by atoms with Crippen LogP contribution < -0.4 is 0 Å². The summed E-state index contributed by atoms with van der Waals surface area (Å²) in [5, 5.41) is 0. The van der Waals surface area contributed by atoms with Gasteiger partial charge in [-0.1, -0.05) is 0 Å². The SMILES string of the molecule is CC(C)(C)OS(=O)(=O)[O-].CC(C)(C)OS(=O)(=O)[O-].[Ca+2]. The van der Waals surface area contributed by atoms with E-state index < -0.39 is 32.0 Å². The molecular formula is C8H18CaO8S2. The minimum atomic E-state index is -4.53. The van der Waals surface area contributed by atoms with Crippen LogP contribution in [0.5, 0.6) is 0 Å². The molecule has 0 aliphatic heterocycles. The van der Waals surface area contributed by atoms with Crippen molar-refractivity contribution in [3.8, 4) is 0 Å². The molecule has 112 valence electrons. The fourth-order valence-electron chi connectivity index (χ4n) is 0.612. The molecule has 0 saturated carbocycles. The third-order valence-corrected chi connectivity index (χ3v) is 2.11. The Balaban J connectivity index is -0.000000256. The van der Waals surface area contributed by atoms with Gasteiger partial charge in [-0.25, -0.2) is 16.8 Å². The molecule has 0 N–H and O–H groups in total. The maximum absolute atomic E-state index is 9.87. The monoisotopic (exact) mass is 346 g/mol. The molecule has 0 fully saturated rings. The molecule has 0 heterocycles. The van der Waals surface area contributed by atoms with E-state index in [0.717, 1.165) is 0 Å². The second kappa shape index (κ2) is 8.44. The maximum Gasteiger partial charge on any atom is 2.00 e. The maximum atomic E-state index is 9.87. The number of hydrogen-bond donors (Lipinski definition) is 0. The molecule has 0 unspecified atom stereocenters. The Morgan fingerprint density at radius 1 is 0.684 bits per heavy atom. The van der Waals surface area contributed by atoms with Crippen molar-refractivity contribution in [2.45, 2.75) is 52.7 Å². The summed E-state index contributed by atoms with van der Waals surface area (Å²) in [6.45, 7) is 8.93. The normalized spacial score (nSPS) is 13.1. The first-order valence-corrected chi connectivity index (χ1v) is 7.41. The summed E-state index contributed by atoms with van der Waals surface area (Å²) in [6.07, 6.45) is 0. The van der Waals surface area contributed by atoms with E-state index in [1.807, 2.05) is 0 Å². The molecule has 0 amide bonds. The first-order chi connectivity index (χ1) is 7.41. The molecule has 11 heteroatoms. The smallest absolute Gasteiger partial charge is 0.726 e. The molecule has 0 atom stereocenters. The summed E-state index contributed by atoms with van der Waals surface area (Å²) in [5.74, 6) is 0. The number of hydrogen-bond acceptors (Lipinski definition) is 8. The molecule has 0 radical (unpaired) electrons. The van der Waals surface area contributed by atoms with Crippen LogP contribution in [0.2, 0.25) is 0 Å². The third-order valence-electron chi connectivity index (χ3n) is 0.704. The van der Waals surface area contributed by atoms with Gasteiger partial charge >= 0.3 is 37.7 Å². The summed E-state index contributed by atoms with van der Waals surface area (Å²) in [4.78, 5) is 0. The van der Waals surface area contributed by atoms with Crippen LogP contribution in [0.25, 0.3) is 0 Å². The van der Waals surface area contributed by atoms with Gasteiger partial charge in [-0.05, 0) is 41.5 Å². The summed E-state index contributed by atoms with van der Waals surface area (Å²) in [7, 11) is -9.06. The van der Waals surface area contributed by atoms with Crippen LogP contribution in [0.4, 0.5) is 0 Å². The molecule has 0 bridgehead atoms. The van der Waals surface area contributed by atoms with Gasteiger partial charge in [0, 0.05) is 0 Å². The van der Waals surface area contributed by atoms with Gasteiger partial charge < -0.3 is 9.11 Å². The van der Waals surface area contributed by atoms with Crippen molar-refractivity contribution in [3.05, 3.63) is 0 Å². The van der Waals surface area contributed by atoms with Crippen molar-refractivity contribution in [1.29, 1.82) is 0 Å². The van der Waals surface area contributed by atoms with Gasteiger partial charge in [0.25, 0.3) is 0 Å². The van der Waals surface area contributed by atoms with Crippen LogP contribution in [-0.2, 0) is 29.2 Å². The largest absolute Gasteiger partial charge is 2.00 e. The van der Waals surface area contributed by atoms with E-state index in [2.05, 4.69) is 8.37 Å². The van der Waals surface area contributed by atoms with Gasteiger partial charge in [-0.2, -0.15) is 0 Å². The Hall–Kier alpha value is 1.000. The first-order valence-electron chi connectivity index (χ1n) is 4.74. The topological polar surface area (TPSA) is 133 Å². The van der Waals surface area contributed by atoms with Crippen molar-refractivity contribution in [1.82, 2.24) is 0 Å². The summed E-state index contributed by atoms with van der Waals surface area (Å²) >= 11 is 0. The molecule has 0 spiro atoms. The van der Waals surface area contributed by atoms with E-state index in [1.165, 1.54) is 41.5 Å². The van der Waals surface area contributed by atoms with Crippen LogP contribution in [0.15, 0.2) is 0 Å². The van der Waals surface area contributed by atoms with Gasteiger partial charge in [-0.3, -0.25) is 8.37 Å². The number of rotatable bonds is 2. The van der Waals surface area contributed by atoms with E-state index >= 15 is 0 Å². The van der Waals surface area contributed by atoms with E-state index in [4.69, 9.17) is 0 Å². The van der Waals surface area contributed by atoms with Crippen LogP contribution in [-0.4, -0.2) is 74.9 Å². The van der Waals surface area contributed by atoms with Crippen LogP contribution >= 0.6 is 0 Å². The molecule has 0 aromatic rings. The zero-order valence-electron chi connectivity index (χ0n) is 11.8. The average Bonchev–Trinajstić information content (AvgIpc) is 1.64. The molecule has 8 nitrogen and oxygen atoms in total. The van der Waals surface area contributed by atoms with Gasteiger partial charge in [0.05, 0.1) is 11.2 Å². The molecule has 19 heavy (non-hydrogen) atoms. The third kappa shape index (κ3) is 32.5. The second-order valence-electron chi connectivity index (χ2n) is 5.21. The zero-order valence-corrected chi connectivity index (χ0v) is 15.6. The standard InChI is InChI=1S/2C4H10O4S.Ca/c2*1-4(2,3)8-9(5,6)7;/h2*1-3H3,(H,5,6,7);/q;;+2/p-2. The minimum absolute atomic E-state index is 0. The molecule has 0 aromatic carbocycles. The van der Waals surface area contributed by atoms with E-state index in [0.29, 0.717) is 0 Å². The first kappa shape index (κ1) is 25.0. The van der Waals surface area contributed by atoms with Crippen molar-refractivity contribution in [3.63, 3.8) is 0 Å². The average molecular weight is 346 g/mol. The predicted molar refractivity (Wildman–Crippen MR) is 66.8 cm³/mol. The van der Waals surface area contributed by atoms with Crippen molar-refractivity contribution in [2.24, 2.45) is 0 Å². The summed E-state index contributed by atoms with van der Waals surface area (Å²) in [6, 6.07) is 0. The fraction of sp³-hybridized carbons (Fsp3) is 1.00. The Morgan fingerprint density at radius 2 is 0.842 bits per heavy atom. The van der Waals surface area contributed by atoms with Crippen molar-refractivity contribution >= 4 is 58.5 Å². The van der Waals surface area contributed by atoms with Crippen LogP contribution in [0.3, 0.4) is 0 Å². The predicted octanol–water partition coefficient (Wildman–Crippen LogP) is 0.143. The molecule has 0 rings (SSSR count). The van der Waals surface area contributed by atoms with Crippen LogP contribution in [0.1, 0.15) is 41.5 Å². The summed E-state index contributed by atoms with van der Waals surface area (Å²) < 4.78 is 67.3. The fourth-order valence-corrected chi connectivity index (χ4v) is 1.84. The molecular weight excluding hydrogens is 328 g/mol.